The minimum Gasteiger partial charge on any atom is -0.344 e. The van der Waals surface area contributed by atoms with E-state index in [0.29, 0.717) is 25.6 Å². The number of pyridine rings is 1. The lowest BCUT2D eigenvalue weighted by Crippen LogP contribution is -2.56. The van der Waals surface area contributed by atoms with Gasteiger partial charge < -0.3 is 14.8 Å². The van der Waals surface area contributed by atoms with Crippen molar-refractivity contribution < 1.29 is 9.59 Å². The molecule has 3 atom stereocenters. The molecular formula is C18H25N3O3. The van der Waals surface area contributed by atoms with Crippen LogP contribution in [-0.2, 0) is 16.1 Å². The Morgan fingerprint density at radius 1 is 1.21 bits per heavy atom. The Morgan fingerprint density at radius 2 is 1.96 bits per heavy atom. The first-order chi connectivity index (χ1) is 11.4. The quantitative estimate of drug-likeness (QED) is 0.896. The first-order valence-electron chi connectivity index (χ1n) is 8.62. The molecule has 2 amide bonds. The second-order valence-electron chi connectivity index (χ2n) is 7.36. The summed E-state index contributed by atoms with van der Waals surface area (Å²) in [6.07, 6.45) is 1.01. The van der Waals surface area contributed by atoms with Gasteiger partial charge in [-0.05, 0) is 24.3 Å². The molecular weight excluding hydrogens is 306 g/mol. The van der Waals surface area contributed by atoms with E-state index in [1.54, 1.807) is 12.1 Å². The maximum Gasteiger partial charge on any atom is 0.250 e. The Kier molecular flexibility index (Phi) is 4.47. The molecule has 1 aromatic heterocycles. The zero-order chi connectivity index (χ0) is 17.4. The summed E-state index contributed by atoms with van der Waals surface area (Å²) < 4.78 is 1.86. The Bertz CT molecular complexity index is 710. The average Bonchev–Trinajstić information content (AvgIpc) is 2.52. The molecule has 3 rings (SSSR count). The molecule has 24 heavy (non-hydrogen) atoms. The summed E-state index contributed by atoms with van der Waals surface area (Å²) in [5, 5.41) is 2.79. The average molecular weight is 331 g/mol. The number of fused-ring (bicyclic) bond motifs is 4. The van der Waals surface area contributed by atoms with Gasteiger partial charge in [0.15, 0.2) is 0 Å². The standard InChI is InChI=1S/C18H25N3O3/c1-11(2)17(19-12(3)22)18(24)20-8-13-7-14(10-20)15-5-4-6-16(23)21(15)9-13/h4-6,11,13-14,17H,7-10H2,1-3H3,(H,19,22)/t13-,14-,17-/m0/s1. The van der Waals surface area contributed by atoms with Crippen molar-refractivity contribution in [2.24, 2.45) is 11.8 Å². The van der Waals surface area contributed by atoms with E-state index in [2.05, 4.69) is 5.32 Å². The molecule has 0 aliphatic carbocycles. The molecule has 2 bridgehead atoms. The van der Waals surface area contributed by atoms with Gasteiger partial charge in [0.25, 0.3) is 5.56 Å². The van der Waals surface area contributed by atoms with Gasteiger partial charge in [-0.1, -0.05) is 19.9 Å². The Balaban J connectivity index is 1.82. The number of piperidine rings is 1. The van der Waals surface area contributed by atoms with Crippen LogP contribution in [0, 0.1) is 11.8 Å². The van der Waals surface area contributed by atoms with Crippen LogP contribution in [-0.4, -0.2) is 40.4 Å². The maximum atomic E-state index is 12.9. The summed E-state index contributed by atoms with van der Waals surface area (Å²) in [6, 6.07) is 4.89. The highest BCUT2D eigenvalue weighted by Crippen LogP contribution is 2.35. The minimum absolute atomic E-state index is 0.0124. The summed E-state index contributed by atoms with van der Waals surface area (Å²) in [5.41, 5.74) is 1.07. The van der Waals surface area contributed by atoms with E-state index >= 15 is 0 Å². The number of carbonyl (C=O) groups is 2. The number of hydrogen-bond acceptors (Lipinski definition) is 3. The number of nitrogens with one attached hydrogen (secondary N) is 1. The monoisotopic (exact) mass is 331 g/mol. The molecule has 1 N–H and O–H groups in total. The fourth-order valence-corrected chi connectivity index (χ4v) is 4.01. The fraction of sp³-hybridized carbons (Fsp3) is 0.611. The van der Waals surface area contributed by atoms with Crippen LogP contribution in [0.15, 0.2) is 23.0 Å². The van der Waals surface area contributed by atoms with E-state index in [-0.39, 0.29) is 29.2 Å². The number of aromatic nitrogens is 1. The van der Waals surface area contributed by atoms with Crippen LogP contribution in [0.1, 0.15) is 38.8 Å². The number of carbonyl (C=O) groups excluding carboxylic acids is 2. The molecule has 130 valence electrons. The molecule has 2 aliphatic heterocycles. The lowest BCUT2D eigenvalue weighted by molar-refractivity contribution is -0.139. The summed E-state index contributed by atoms with van der Waals surface area (Å²) in [7, 11) is 0. The molecule has 1 saturated heterocycles. The largest absolute Gasteiger partial charge is 0.344 e. The van der Waals surface area contributed by atoms with E-state index in [0.717, 1.165) is 12.1 Å². The van der Waals surface area contributed by atoms with Crippen molar-refractivity contribution in [1.29, 1.82) is 0 Å². The van der Waals surface area contributed by atoms with Crippen molar-refractivity contribution >= 4 is 11.8 Å². The second-order valence-corrected chi connectivity index (χ2v) is 7.36. The second kappa shape index (κ2) is 6.42. The first kappa shape index (κ1) is 16.7. The molecule has 1 aromatic rings. The molecule has 1 fully saturated rings. The zero-order valence-corrected chi connectivity index (χ0v) is 14.5. The Morgan fingerprint density at radius 3 is 2.62 bits per heavy atom. The Hall–Kier alpha value is -2.11. The van der Waals surface area contributed by atoms with E-state index in [1.165, 1.54) is 6.92 Å². The maximum absolute atomic E-state index is 12.9. The van der Waals surface area contributed by atoms with Crippen LogP contribution < -0.4 is 10.9 Å². The summed E-state index contributed by atoms with van der Waals surface area (Å²) >= 11 is 0. The van der Waals surface area contributed by atoms with Crippen molar-refractivity contribution in [2.75, 3.05) is 13.1 Å². The van der Waals surface area contributed by atoms with Gasteiger partial charge >= 0.3 is 0 Å². The van der Waals surface area contributed by atoms with Gasteiger partial charge in [-0.3, -0.25) is 14.4 Å². The lowest BCUT2D eigenvalue weighted by Gasteiger charge is -2.44. The topological polar surface area (TPSA) is 71.4 Å². The Labute approximate surface area is 141 Å². The number of hydrogen-bond donors (Lipinski definition) is 1. The van der Waals surface area contributed by atoms with Crippen LogP contribution in [0.25, 0.3) is 0 Å². The third-order valence-corrected chi connectivity index (χ3v) is 5.08. The number of likely N-dealkylation sites (tertiary alicyclic amines) is 1. The van der Waals surface area contributed by atoms with Gasteiger partial charge in [0.2, 0.25) is 11.8 Å². The van der Waals surface area contributed by atoms with Crippen molar-refractivity contribution in [1.82, 2.24) is 14.8 Å². The highest BCUT2D eigenvalue weighted by Gasteiger charge is 2.38. The number of nitrogens with zero attached hydrogens (tertiary/aromatic N) is 2. The van der Waals surface area contributed by atoms with Gasteiger partial charge in [-0.15, -0.1) is 0 Å². The van der Waals surface area contributed by atoms with Crippen LogP contribution in [0.2, 0.25) is 0 Å². The molecule has 0 saturated carbocycles. The highest BCUT2D eigenvalue weighted by atomic mass is 16.2. The van der Waals surface area contributed by atoms with Crippen molar-refractivity contribution in [3.05, 3.63) is 34.2 Å². The van der Waals surface area contributed by atoms with Crippen molar-refractivity contribution in [2.45, 2.75) is 45.7 Å². The van der Waals surface area contributed by atoms with Gasteiger partial charge in [0.1, 0.15) is 6.04 Å². The molecule has 0 unspecified atom stereocenters. The third-order valence-electron chi connectivity index (χ3n) is 5.08. The smallest absolute Gasteiger partial charge is 0.250 e. The summed E-state index contributed by atoms with van der Waals surface area (Å²) in [5.74, 6) is 0.335. The SMILES string of the molecule is CC(=O)N[C@H](C(=O)N1C[C@@H]2C[C@@H](C1)c1cccc(=O)n1C2)C(C)C. The highest BCUT2D eigenvalue weighted by molar-refractivity contribution is 5.87. The van der Waals surface area contributed by atoms with Crippen molar-refractivity contribution in [3.8, 4) is 0 Å². The molecule has 3 heterocycles. The third kappa shape index (κ3) is 3.09. The molecule has 0 aromatic carbocycles. The number of amides is 2. The van der Waals surface area contributed by atoms with Gasteiger partial charge in [0.05, 0.1) is 0 Å². The normalized spacial score (nSPS) is 23.6. The minimum atomic E-state index is -0.487. The van der Waals surface area contributed by atoms with Crippen LogP contribution >= 0.6 is 0 Å². The van der Waals surface area contributed by atoms with Gasteiger partial charge in [-0.25, -0.2) is 0 Å². The van der Waals surface area contributed by atoms with Crippen LogP contribution in [0.5, 0.6) is 0 Å². The predicted molar refractivity (Wildman–Crippen MR) is 90.6 cm³/mol. The fourth-order valence-electron chi connectivity index (χ4n) is 4.01. The van der Waals surface area contributed by atoms with Gasteiger partial charge in [0, 0.05) is 44.2 Å². The molecule has 0 spiro atoms. The molecule has 6 heteroatoms. The van der Waals surface area contributed by atoms with Gasteiger partial charge in [-0.2, -0.15) is 0 Å². The molecule has 6 nitrogen and oxygen atoms in total. The first-order valence-corrected chi connectivity index (χ1v) is 8.62. The van der Waals surface area contributed by atoms with E-state index < -0.39 is 6.04 Å². The zero-order valence-electron chi connectivity index (χ0n) is 14.5. The van der Waals surface area contributed by atoms with Crippen LogP contribution in [0.3, 0.4) is 0 Å². The summed E-state index contributed by atoms with van der Waals surface area (Å²) in [4.78, 5) is 38.3. The number of rotatable bonds is 3. The van der Waals surface area contributed by atoms with E-state index in [4.69, 9.17) is 0 Å². The molecule has 2 aliphatic rings. The lowest BCUT2D eigenvalue weighted by atomic mass is 9.82. The van der Waals surface area contributed by atoms with Crippen molar-refractivity contribution in [3.63, 3.8) is 0 Å². The summed E-state index contributed by atoms with van der Waals surface area (Å²) in [6.45, 7) is 7.26. The van der Waals surface area contributed by atoms with E-state index in [9.17, 15) is 14.4 Å². The van der Waals surface area contributed by atoms with E-state index in [1.807, 2.05) is 29.4 Å². The predicted octanol–water partition coefficient (Wildman–Crippen LogP) is 0.955. The van der Waals surface area contributed by atoms with Crippen LogP contribution in [0.4, 0.5) is 0 Å². The molecule has 0 radical (unpaired) electrons.